The lowest BCUT2D eigenvalue weighted by molar-refractivity contribution is -0.113. The van der Waals surface area contributed by atoms with Crippen LogP contribution in [0.2, 0.25) is 0 Å². The third-order valence-electron chi connectivity index (χ3n) is 5.71. The van der Waals surface area contributed by atoms with Gasteiger partial charge < -0.3 is 10.1 Å². The number of carbonyl (C=O) groups excluding carboxylic acids is 1. The minimum Gasteiger partial charge on any atom is -0.379 e. The smallest absolute Gasteiger partial charge is 0.348 e. The summed E-state index contributed by atoms with van der Waals surface area (Å²) in [6, 6.07) is 2.98. The van der Waals surface area contributed by atoms with Gasteiger partial charge in [-0.3, -0.25) is 14.3 Å². The molecule has 1 aliphatic carbocycles. The Morgan fingerprint density at radius 1 is 1.19 bits per heavy atom. The molecule has 1 amide bonds. The lowest BCUT2D eigenvalue weighted by Gasteiger charge is -2.26. The molecule has 0 radical (unpaired) electrons. The maximum atomic E-state index is 13.7. The molecule has 0 atom stereocenters. The molecule has 0 spiro atoms. The van der Waals surface area contributed by atoms with E-state index in [9.17, 15) is 18.4 Å². The molecule has 0 saturated carbocycles. The molecule has 0 bridgehead atoms. The zero-order chi connectivity index (χ0) is 22.5. The molecule has 1 saturated heterocycles. The number of nitrogens with zero attached hydrogens (tertiary/aromatic N) is 3. The van der Waals surface area contributed by atoms with E-state index in [2.05, 4.69) is 15.2 Å². The average Bonchev–Trinajstić information content (AvgIpc) is 3.26. The lowest BCUT2D eigenvalue weighted by Crippen LogP contribution is -2.37. The largest absolute Gasteiger partial charge is 0.379 e. The molecule has 0 unspecified atom stereocenters. The summed E-state index contributed by atoms with van der Waals surface area (Å²) in [5.41, 5.74) is 1.67. The van der Waals surface area contributed by atoms with Gasteiger partial charge in [-0.25, -0.2) is 13.6 Å². The second-order valence-electron chi connectivity index (χ2n) is 7.90. The van der Waals surface area contributed by atoms with E-state index >= 15 is 0 Å². The average molecular weight is 465 g/mol. The van der Waals surface area contributed by atoms with Gasteiger partial charge in [-0.2, -0.15) is 4.98 Å². The third-order valence-corrected chi connectivity index (χ3v) is 6.72. The highest BCUT2D eigenvalue weighted by Crippen LogP contribution is 2.29. The van der Waals surface area contributed by atoms with Crippen molar-refractivity contribution < 1.29 is 18.3 Å². The summed E-state index contributed by atoms with van der Waals surface area (Å²) in [5, 5.41) is 3.01. The molecule has 10 heteroatoms. The Kier molecular flexibility index (Phi) is 7.54. The Morgan fingerprint density at radius 3 is 2.78 bits per heavy atom. The number of hydrogen-bond donors (Lipinski definition) is 1. The van der Waals surface area contributed by atoms with E-state index in [0.29, 0.717) is 11.6 Å². The number of benzene rings is 1. The molecule has 1 aliphatic heterocycles. The summed E-state index contributed by atoms with van der Waals surface area (Å²) in [4.78, 5) is 31.6. The topological polar surface area (TPSA) is 76.5 Å². The molecule has 4 rings (SSSR count). The van der Waals surface area contributed by atoms with Gasteiger partial charge in [-0.15, -0.1) is 0 Å². The van der Waals surface area contributed by atoms with E-state index in [-0.39, 0.29) is 17.1 Å². The highest BCUT2D eigenvalue weighted by molar-refractivity contribution is 8.00. The molecule has 1 fully saturated rings. The summed E-state index contributed by atoms with van der Waals surface area (Å²) in [6.07, 6.45) is 3.46. The number of thioether (sulfide) groups is 1. The van der Waals surface area contributed by atoms with Gasteiger partial charge in [0.1, 0.15) is 16.7 Å². The first-order chi connectivity index (χ1) is 15.5. The predicted octanol–water partition coefficient (Wildman–Crippen LogP) is 2.46. The van der Waals surface area contributed by atoms with Gasteiger partial charge in [0.2, 0.25) is 5.91 Å². The van der Waals surface area contributed by atoms with Crippen LogP contribution in [0.5, 0.6) is 0 Å². The van der Waals surface area contributed by atoms with Crippen molar-refractivity contribution in [3.63, 3.8) is 0 Å². The molecule has 1 aromatic carbocycles. The quantitative estimate of drug-likeness (QED) is 0.478. The molecule has 2 aromatic rings. The van der Waals surface area contributed by atoms with Crippen LogP contribution in [0, 0.1) is 11.6 Å². The Hall–Kier alpha value is -2.30. The molecule has 1 aromatic heterocycles. The molecule has 172 valence electrons. The van der Waals surface area contributed by atoms with Crippen LogP contribution in [0.25, 0.3) is 0 Å². The number of rotatable bonds is 8. The molecule has 32 heavy (non-hydrogen) atoms. The van der Waals surface area contributed by atoms with Crippen LogP contribution in [0.3, 0.4) is 0 Å². The fraction of sp³-hybridized carbons (Fsp3) is 0.500. The van der Waals surface area contributed by atoms with Crippen molar-refractivity contribution in [2.45, 2.75) is 37.3 Å². The first kappa shape index (κ1) is 22.9. The fourth-order valence-electron chi connectivity index (χ4n) is 4.12. The number of halogens is 2. The number of amides is 1. The van der Waals surface area contributed by atoms with Crippen molar-refractivity contribution in [2.24, 2.45) is 0 Å². The number of hydrogen-bond acceptors (Lipinski definition) is 6. The number of carbonyl (C=O) groups is 1. The van der Waals surface area contributed by atoms with Crippen molar-refractivity contribution >= 4 is 23.4 Å². The highest BCUT2D eigenvalue weighted by atomic mass is 32.2. The first-order valence-corrected chi connectivity index (χ1v) is 11.8. The fourth-order valence-corrected chi connectivity index (χ4v) is 5.00. The minimum absolute atomic E-state index is 0.0171. The van der Waals surface area contributed by atoms with Gasteiger partial charge in [0.25, 0.3) is 0 Å². The van der Waals surface area contributed by atoms with Crippen LogP contribution >= 0.6 is 11.8 Å². The van der Waals surface area contributed by atoms with Gasteiger partial charge in [-0.05, 0) is 37.8 Å². The molecule has 2 aliphatic rings. The summed E-state index contributed by atoms with van der Waals surface area (Å²) in [5.74, 6) is -2.00. The summed E-state index contributed by atoms with van der Waals surface area (Å²) in [7, 11) is 0. The molecule has 2 heterocycles. The maximum Gasteiger partial charge on any atom is 0.348 e. The van der Waals surface area contributed by atoms with Crippen molar-refractivity contribution in [1.82, 2.24) is 14.5 Å². The van der Waals surface area contributed by atoms with Crippen molar-refractivity contribution in [3.8, 4) is 0 Å². The van der Waals surface area contributed by atoms with Gasteiger partial charge in [-0.1, -0.05) is 11.8 Å². The number of anilines is 1. The Labute approximate surface area is 189 Å². The van der Waals surface area contributed by atoms with E-state index < -0.39 is 17.5 Å². The molecule has 7 nitrogen and oxygen atoms in total. The second kappa shape index (κ2) is 10.5. The molecule has 1 N–H and O–H groups in total. The van der Waals surface area contributed by atoms with E-state index in [1.807, 2.05) is 0 Å². The predicted molar refractivity (Wildman–Crippen MR) is 118 cm³/mol. The normalized spacial score (nSPS) is 16.2. The molecular weight excluding hydrogens is 438 g/mol. The van der Waals surface area contributed by atoms with E-state index in [4.69, 9.17) is 4.74 Å². The van der Waals surface area contributed by atoms with Crippen molar-refractivity contribution in [2.75, 3.05) is 43.9 Å². The summed E-state index contributed by atoms with van der Waals surface area (Å²) >= 11 is 1.18. The van der Waals surface area contributed by atoms with Gasteiger partial charge in [0.15, 0.2) is 0 Å². The number of nitrogens with one attached hydrogen (secondary N) is 1. The van der Waals surface area contributed by atoms with Gasteiger partial charge in [0, 0.05) is 43.5 Å². The minimum atomic E-state index is -0.831. The number of morpholine rings is 1. The van der Waals surface area contributed by atoms with Crippen molar-refractivity contribution in [1.29, 1.82) is 0 Å². The van der Waals surface area contributed by atoms with Crippen LogP contribution in [0.4, 0.5) is 14.5 Å². The number of ether oxygens (including phenoxy) is 1. The first-order valence-electron chi connectivity index (χ1n) is 10.8. The third kappa shape index (κ3) is 5.54. The molecular formula is C22H26F2N4O3S. The lowest BCUT2D eigenvalue weighted by atomic mass is 10.2. The number of fused-ring (bicyclic) bond motifs is 1. The Balaban J connectivity index is 1.38. The standard InChI is InChI=1S/C22H26F2N4O3S/c23-15-5-6-18(17(24)13-15)25-20(29)14-32-21-16-3-1-4-19(16)28(22(30)26-21)8-2-7-27-9-11-31-12-10-27/h5-6,13H,1-4,7-12,14H2,(H,25,29). The van der Waals surface area contributed by atoms with E-state index in [1.165, 1.54) is 17.8 Å². The Morgan fingerprint density at radius 2 is 2.00 bits per heavy atom. The van der Waals surface area contributed by atoms with Crippen LogP contribution in [0.1, 0.15) is 24.1 Å². The number of aromatic nitrogens is 2. The highest BCUT2D eigenvalue weighted by Gasteiger charge is 2.23. The van der Waals surface area contributed by atoms with Crippen molar-refractivity contribution in [3.05, 3.63) is 51.6 Å². The Bertz CT molecular complexity index is 1040. The van der Waals surface area contributed by atoms with Crippen LogP contribution in [-0.4, -0.2) is 59.0 Å². The second-order valence-corrected chi connectivity index (χ2v) is 8.86. The zero-order valence-electron chi connectivity index (χ0n) is 17.7. The summed E-state index contributed by atoms with van der Waals surface area (Å²) < 4.78 is 33.9. The van der Waals surface area contributed by atoms with Gasteiger partial charge in [0.05, 0.1) is 24.7 Å². The van der Waals surface area contributed by atoms with Crippen LogP contribution in [-0.2, 0) is 28.9 Å². The monoisotopic (exact) mass is 464 g/mol. The van der Waals surface area contributed by atoms with E-state index in [0.717, 1.165) is 81.9 Å². The zero-order valence-corrected chi connectivity index (χ0v) is 18.6. The van der Waals surface area contributed by atoms with Gasteiger partial charge >= 0.3 is 5.69 Å². The van der Waals surface area contributed by atoms with Crippen LogP contribution < -0.4 is 11.0 Å². The maximum absolute atomic E-state index is 13.7. The summed E-state index contributed by atoms with van der Waals surface area (Å²) in [6.45, 7) is 4.89. The van der Waals surface area contributed by atoms with E-state index in [1.54, 1.807) is 4.57 Å². The SMILES string of the molecule is O=C(CSc1nc(=O)n(CCCN2CCOCC2)c2c1CCC2)Nc1ccc(F)cc1F. The van der Waals surface area contributed by atoms with Crippen LogP contribution in [0.15, 0.2) is 28.0 Å².